The van der Waals surface area contributed by atoms with Crippen LogP contribution >= 0.6 is 0 Å². The lowest BCUT2D eigenvalue weighted by molar-refractivity contribution is 0.0697. The van der Waals surface area contributed by atoms with Gasteiger partial charge < -0.3 is 20.4 Å². The van der Waals surface area contributed by atoms with Gasteiger partial charge in [-0.15, -0.1) is 0 Å². The fraction of sp³-hybridized carbons (Fsp3) is 0.0417. The average Bonchev–Trinajstić information content (AvgIpc) is 2.78. The lowest BCUT2D eigenvalue weighted by atomic mass is 9.98. The highest BCUT2D eigenvalue weighted by Crippen LogP contribution is 2.28. The third-order valence-electron chi connectivity index (χ3n) is 5.02. The Hall–Kier alpha value is -4.59. The minimum Gasteiger partial charge on any atom is -0.504 e. The van der Waals surface area contributed by atoms with E-state index < -0.39 is 11.5 Å². The monoisotopic (exact) mass is 430 g/mol. The third-order valence-corrected chi connectivity index (χ3v) is 5.02. The number of rotatable bonds is 5. The maximum atomic E-state index is 12.3. The Labute approximate surface area is 181 Å². The topological polar surface area (TPSA) is 143 Å². The fourth-order valence-corrected chi connectivity index (χ4v) is 3.39. The molecule has 0 atom stereocenters. The van der Waals surface area contributed by atoms with E-state index in [2.05, 4.69) is 9.98 Å². The number of aromatic amines is 1. The van der Waals surface area contributed by atoms with Gasteiger partial charge in [0.2, 0.25) is 5.88 Å². The van der Waals surface area contributed by atoms with E-state index in [0.717, 1.165) is 0 Å². The first kappa shape index (κ1) is 20.7. The summed E-state index contributed by atoms with van der Waals surface area (Å²) in [6.07, 6.45) is 1.41. The zero-order valence-corrected chi connectivity index (χ0v) is 16.6. The lowest BCUT2D eigenvalue weighted by Gasteiger charge is -2.08. The van der Waals surface area contributed by atoms with Crippen molar-refractivity contribution in [3.05, 3.63) is 87.7 Å². The van der Waals surface area contributed by atoms with Crippen molar-refractivity contribution in [3.8, 4) is 28.5 Å². The summed E-state index contributed by atoms with van der Waals surface area (Å²) >= 11 is 0. The number of H-pyrrole nitrogens is 1. The SMILES string of the molecule is O=C(O)c1cccc(-c2ccc3c(=O)[nH]c(O)c(C=NCc4ccc(O)c(O)c4)c3c2)c1. The van der Waals surface area contributed by atoms with E-state index in [9.17, 15) is 30.0 Å². The van der Waals surface area contributed by atoms with Gasteiger partial charge in [0, 0.05) is 17.0 Å². The number of aromatic nitrogens is 1. The number of phenolic OH excluding ortho intramolecular Hbond substituents is 2. The number of carboxylic acid groups (broad SMARTS) is 1. The second-order valence-corrected chi connectivity index (χ2v) is 7.16. The van der Waals surface area contributed by atoms with Gasteiger partial charge in [-0.3, -0.25) is 14.8 Å². The van der Waals surface area contributed by atoms with Crippen molar-refractivity contribution in [1.82, 2.24) is 4.98 Å². The Kier molecular flexibility index (Phi) is 5.34. The minimum atomic E-state index is -1.05. The number of carbonyl (C=O) groups is 1. The lowest BCUT2D eigenvalue weighted by Crippen LogP contribution is -2.08. The molecule has 0 aliphatic carbocycles. The van der Waals surface area contributed by atoms with Gasteiger partial charge in [-0.2, -0.15) is 0 Å². The van der Waals surface area contributed by atoms with E-state index in [1.165, 1.54) is 30.5 Å². The molecule has 4 rings (SSSR count). The van der Waals surface area contributed by atoms with Crippen LogP contribution in [0.25, 0.3) is 21.9 Å². The summed E-state index contributed by atoms with van der Waals surface area (Å²) in [7, 11) is 0. The second-order valence-electron chi connectivity index (χ2n) is 7.16. The van der Waals surface area contributed by atoms with Gasteiger partial charge in [-0.1, -0.05) is 24.3 Å². The molecular weight excluding hydrogens is 412 g/mol. The number of hydrogen-bond donors (Lipinski definition) is 5. The number of aromatic carboxylic acids is 1. The molecule has 0 radical (unpaired) electrons. The molecule has 1 aromatic heterocycles. The number of benzene rings is 3. The molecule has 160 valence electrons. The van der Waals surface area contributed by atoms with Crippen LogP contribution < -0.4 is 5.56 Å². The molecule has 0 aliphatic rings. The zero-order chi connectivity index (χ0) is 22.8. The van der Waals surface area contributed by atoms with Crippen LogP contribution in [0, 0.1) is 0 Å². The van der Waals surface area contributed by atoms with Crippen molar-refractivity contribution in [2.24, 2.45) is 4.99 Å². The molecule has 1 heterocycles. The highest BCUT2D eigenvalue weighted by Gasteiger charge is 2.12. The van der Waals surface area contributed by atoms with Crippen LogP contribution in [0.1, 0.15) is 21.5 Å². The average molecular weight is 430 g/mol. The van der Waals surface area contributed by atoms with Crippen LogP contribution in [-0.4, -0.2) is 37.6 Å². The molecule has 0 saturated carbocycles. The van der Waals surface area contributed by atoms with Crippen LogP contribution in [0.2, 0.25) is 0 Å². The highest BCUT2D eigenvalue weighted by atomic mass is 16.4. The Morgan fingerprint density at radius 2 is 1.69 bits per heavy atom. The molecular formula is C24H18N2O6. The summed E-state index contributed by atoms with van der Waals surface area (Å²) in [5, 5.41) is 39.4. The smallest absolute Gasteiger partial charge is 0.335 e. The quantitative estimate of drug-likeness (QED) is 0.242. The van der Waals surface area contributed by atoms with E-state index in [1.807, 2.05) is 0 Å². The first-order valence-electron chi connectivity index (χ1n) is 9.57. The van der Waals surface area contributed by atoms with Crippen molar-refractivity contribution < 1.29 is 25.2 Å². The first-order chi connectivity index (χ1) is 15.3. The summed E-state index contributed by atoms with van der Waals surface area (Å²) in [5.74, 6) is -1.89. The molecule has 0 spiro atoms. The van der Waals surface area contributed by atoms with Gasteiger partial charge in [0.25, 0.3) is 5.56 Å². The molecule has 32 heavy (non-hydrogen) atoms. The van der Waals surface area contributed by atoms with Gasteiger partial charge in [-0.25, -0.2) is 4.79 Å². The number of fused-ring (bicyclic) bond motifs is 1. The maximum absolute atomic E-state index is 12.3. The molecule has 4 aromatic rings. The predicted octanol–water partition coefficient (Wildman–Crippen LogP) is 3.63. The highest BCUT2D eigenvalue weighted by molar-refractivity contribution is 6.03. The molecule has 0 bridgehead atoms. The molecule has 0 saturated heterocycles. The Balaban J connectivity index is 1.77. The predicted molar refractivity (Wildman–Crippen MR) is 120 cm³/mol. The largest absolute Gasteiger partial charge is 0.504 e. The summed E-state index contributed by atoms with van der Waals surface area (Å²) in [6.45, 7) is 0.161. The number of pyridine rings is 1. The van der Waals surface area contributed by atoms with Crippen molar-refractivity contribution in [1.29, 1.82) is 0 Å². The van der Waals surface area contributed by atoms with Gasteiger partial charge in [-0.05, 0) is 53.1 Å². The molecule has 8 nitrogen and oxygen atoms in total. The van der Waals surface area contributed by atoms with Gasteiger partial charge in [0.05, 0.1) is 17.7 Å². The number of nitrogens with zero attached hydrogens (tertiary/aromatic N) is 1. The number of aromatic hydroxyl groups is 3. The van der Waals surface area contributed by atoms with Gasteiger partial charge in [0.15, 0.2) is 11.5 Å². The van der Waals surface area contributed by atoms with Crippen LogP contribution in [-0.2, 0) is 6.54 Å². The van der Waals surface area contributed by atoms with Crippen LogP contribution in [0.15, 0.2) is 70.5 Å². The Bertz CT molecular complexity index is 1440. The standard InChI is InChI=1S/C24H18N2O6/c27-20-7-4-13(8-21(20)28)11-25-12-19-18-10-15(5-6-17(18)22(29)26-23(19)30)14-2-1-3-16(9-14)24(31)32/h1-10,12,27-28H,11H2,(H,31,32)(H2,26,29,30). The van der Waals surface area contributed by atoms with E-state index in [4.69, 9.17) is 0 Å². The third kappa shape index (κ3) is 4.01. The molecule has 8 heteroatoms. The van der Waals surface area contributed by atoms with E-state index in [0.29, 0.717) is 33.0 Å². The van der Waals surface area contributed by atoms with Gasteiger partial charge in [0.1, 0.15) is 0 Å². The normalized spacial score (nSPS) is 11.2. The maximum Gasteiger partial charge on any atom is 0.335 e. The van der Waals surface area contributed by atoms with Crippen molar-refractivity contribution >= 4 is 23.0 Å². The van der Waals surface area contributed by atoms with E-state index in [1.54, 1.807) is 36.4 Å². The van der Waals surface area contributed by atoms with Crippen LogP contribution in [0.4, 0.5) is 0 Å². The molecule has 5 N–H and O–H groups in total. The first-order valence-corrected chi connectivity index (χ1v) is 9.57. The van der Waals surface area contributed by atoms with E-state index in [-0.39, 0.29) is 29.5 Å². The zero-order valence-electron chi connectivity index (χ0n) is 16.6. The summed E-state index contributed by atoms with van der Waals surface area (Å²) in [4.78, 5) is 30.3. The number of aliphatic imine (C=N–C) groups is 1. The molecule has 0 amide bonds. The Morgan fingerprint density at radius 3 is 2.44 bits per heavy atom. The number of phenols is 2. The molecule has 0 aliphatic heterocycles. The number of hydrogen-bond acceptors (Lipinski definition) is 6. The van der Waals surface area contributed by atoms with Crippen LogP contribution in [0.3, 0.4) is 0 Å². The molecule has 3 aromatic carbocycles. The number of carboxylic acids is 1. The second kappa shape index (κ2) is 8.27. The van der Waals surface area contributed by atoms with E-state index >= 15 is 0 Å². The summed E-state index contributed by atoms with van der Waals surface area (Å²) < 4.78 is 0. The van der Waals surface area contributed by atoms with Crippen LogP contribution in [0.5, 0.6) is 17.4 Å². The number of nitrogens with one attached hydrogen (secondary N) is 1. The molecule has 0 fully saturated rings. The van der Waals surface area contributed by atoms with Gasteiger partial charge >= 0.3 is 5.97 Å². The minimum absolute atomic E-state index is 0.135. The molecule has 0 unspecified atom stereocenters. The summed E-state index contributed by atoms with van der Waals surface area (Å²) in [6, 6.07) is 15.7. The van der Waals surface area contributed by atoms with Crippen molar-refractivity contribution in [3.63, 3.8) is 0 Å². The summed E-state index contributed by atoms with van der Waals surface area (Å²) in [5.41, 5.74) is 1.91. The van der Waals surface area contributed by atoms with Crippen molar-refractivity contribution in [2.45, 2.75) is 6.54 Å². The Morgan fingerprint density at radius 1 is 0.906 bits per heavy atom. The fourth-order valence-electron chi connectivity index (χ4n) is 3.39. The van der Waals surface area contributed by atoms with Crippen molar-refractivity contribution in [2.75, 3.05) is 0 Å².